The predicted octanol–water partition coefficient (Wildman–Crippen LogP) is 5.37. The molecule has 0 bridgehead atoms. The SMILES string of the molecule is CC(C=C[C@@H]1C[C@H]1c1ccc(Cl)c(Cl)c1)=CC(=O)NCC(C)C. The number of amides is 1. The summed E-state index contributed by atoms with van der Waals surface area (Å²) in [6, 6.07) is 5.84. The second-order valence-corrected chi connectivity index (χ2v) is 7.38. The Hall–Kier alpha value is -1.25. The van der Waals surface area contributed by atoms with E-state index in [1.807, 2.05) is 31.2 Å². The van der Waals surface area contributed by atoms with Gasteiger partial charge in [0.25, 0.3) is 0 Å². The molecule has 0 unspecified atom stereocenters. The molecule has 1 amide bonds. The maximum Gasteiger partial charge on any atom is 0.244 e. The predicted molar refractivity (Wildman–Crippen MR) is 98.1 cm³/mol. The minimum absolute atomic E-state index is 0.0299. The van der Waals surface area contributed by atoms with E-state index in [4.69, 9.17) is 23.2 Å². The number of carbonyl (C=O) groups is 1. The summed E-state index contributed by atoms with van der Waals surface area (Å²) >= 11 is 12.0. The molecule has 2 rings (SSSR count). The lowest BCUT2D eigenvalue weighted by atomic mass is 10.1. The average molecular weight is 352 g/mol. The van der Waals surface area contributed by atoms with Gasteiger partial charge in [-0.25, -0.2) is 0 Å². The van der Waals surface area contributed by atoms with Crippen molar-refractivity contribution in [3.05, 3.63) is 57.6 Å². The Morgan fingerprint density at radius 3 is 2.74 bits per heavy atom. The molecule has 4 heteroatoms. The quantitative estimate of drug-likeness (QED) is 0.541. The lowest BCUT2D eigenvalue weighted by molar-refractivity contribution is -0.116. The Labute approximate surface area is 148 Å². The van der Waals surface area contributed by atoms with E-state index in [2.05, 4.69) is 25.2 Å². The standard InChI is InChI=1S/C19H23Cl2NO/c1-12(2)11-22-19(23)8-13(3)4-5-14-9-16(14)15-6-7-17(20)18(21)10-15/h4-8,10,12,14,16H,9,11H2,1-3H3,(H,22,23)/t14-,16-/m1/s1. The zero-order valence-electron chi connectivity index (χ0n) is 13.8. The molecule has 1 aromatic carbocycles. The number of hydrogen-bond donors (Lipinski definition) is 1. The molecule has 0 spiro atoms. The summed E-state index contributed by atoms with van der Waals surface area (Å²) in [5, 5.41) is 4.09. The van der Waals surface area contributed by atoms with Crippen molar-refractivity contribution in [2.75, 3.05) is 6.54 Å². The molecule has 2 atom stereocenters. The molecule has 1 aliphatic rings. The van der Waals surface area contributed by atoms with E-state index in [0.717, 1.165) is 12.0 Å². The summed E-state index contributed by atoms with van der Waals surface area (Å²) in [7, 11) is 0. The highest BCUT2D eigenvalue weighted by atomic mass is 35.5. The first-order valence-corrected chi connectivity index (χ1v) is 8.71. The first-order valence-electron chi connectivity index (χ1n) is 7.96. The third kappa shape index (κ3) is 5.71. The van der Waals surface area contributed by atoms with E-state index >= 15 is 0 Å². The molecule has 1 N–H and O–H groups in total. The number of hydrogen-bond acceptors (Lipinski definition) is 1. The molecular weight excluding hydrogens is 329 g/mol. The van der Waals surface area contributed by atoms with Gasteiger partial charge in [0, 0.05) is 12.6 Å². The second-order valence-electron chi connectivity index (χ2n) is 6.57. The average Bonchev–Trinajstić information content (AvgIpc) is 3.25. The molecular formula is C19H23Cl2NO. The summed E-state index contributed by atoms with van der Waals surface area (Å²) in [6.07, 6.45) is 6.96. The van der Waals surface area contributed by atoms with Crippen LogP contribution in [0.2, 0.25) is 10.0 Å². The molecule has 124 valence electrons. The lowest BCUT2D eigenvalue weighted by Crippen LogP contribution is -2.25. The Bertz CT molecular complexity index is 634. The van der Waals surface area contributed by atoms with Crippen molar-refractivity contribution in [3.63, 3.8) is 0 Å². The molecule has 0 saturated heterocycles. The van der Waals surface area contributed by atoms with Crippen molar-refractivity contribution in [3.8, 4) is 0 Å². The van der Waals surface area contributed by atoms with Crippen LogP contribution in [0.5, 0.6) is 0 Å². The van der Waals surface area contributed by atoms with Gasteiger partial charge in [-0.05, 0) is 54.4 Å². The summed E-state index contributed by atoms with van der Waals surface area (Å²) in [6.45, 7) is 6.80. The molecule has 23 heavy (non-hydrogen) atoms. The fraction of sp³-hybridized carbons (Fsp3) is 0.421. The Kier molecular flexibility index (Phi) is 6.32. The van der Waals surface area contributed by atoms with Gasteiger partial charge in [-0.3, -0.25) is 4.79 Å². The van der Waals surface area contributed by atoms with Gasteiger partial charge in [-0.15, -0.1) is 0 Å². The topological polar surface area (TPSA) is 29.1 Å². The van der Waals surface area contributed by atoms with E-state index in [0.29, 0.717) is 34.3 Å². The molecule has 0 radical (unpaired) electrons. The molecule has 0 aliphatic heterocycles. The van der Waals surface area contributed by atoms with E-state index in [1.54, 1.807) is 6.08 Å². The fourth-order valence-electron chi connectivity index (χ4n) is 2.44. The van der Waals surface area contributed by atoms with Crippen LogP contribution < -0.4 is 5.32 Å². The number of benzene rings is 1. The van der Waals surface area contributed by atoms with Gasteiger partial charge in [0.2, 0.25) is 5.91 Å². The monoisotopic (exact) mass is 351 g/mol. The maximum absolute atomic E-state index is 11.7. The van der Waals surface area contributed by atoms with E-state index in [-0.39, 0.29) is 5.91 Å². The van der Waals surface area contributed by atoms with Gasteiger partial charge in [0.15, 0.2) is 0 Å². The van der Waals surface area contributed by atoms with E-state index in [1.165, 1.54) is 5.56 Å². The van der Waals surface area contributed by atoms with Crippen molar-refractivity contribution in [1.82, 2.24) is 5.32 Å². The number of allylic oxidation sites excluding steroid dienone is 3. The number of rotatable bonds is 6. The first-order chi connectivity index (χ1) is 10.9. The molecule has 1 fully saturated rings. The first kappa shape index (κ1) is 18.1. The van der Waals surface area contributed by atoms with Crippen LogP contribution in [0.25, 0.3) is 0 Å². The molecule has 1 saturated carbocycles. The molecule has 2 nitrogen and oxygen atoms in total. The third-order valence-electron chi connectivity index (χ3n) is 3.86. The Balaban J connectivity index is 1.87. The van der Waals surface area contributed by atoms with Gasteiger partial charge < -0.3 is 5.32 Å². The summed E-state index contributed by atoms with van der Waals surface area (Å²) in [4.78, 5) is 11.7. The van der Waals surface area contributed by atoms with Crippen LogP contribution in [-0.2, 0) is 4.79 Å². The van der Waals surface area contributed by atoms with E-state index < -0.39 is 0 Å². The fourth-order valence-corrected chi connectivity index (χ4v) is 2.75. The highest BCUT2D eigenvalue weighted by molar-refractivity contribution is 6.42. The van der Waals surface area contributed by atoms with Crippen LogP contribution in [0.1, 0.15) is 38.7 Å². The van der Waals surface area contributed by atoms with Crippen molar-refractivity contribution >= 4 is 29.1 Å². The van der Waals surface area contributed by atoms with Gasteiger partial charge in [-0.2, -0.15) is 0 Å². The number of nitrogens with one attached hydrogen (secondary N) is 1. The summed E-state index contributed by atoms with van der Waals surface area (Å²) in [5.74, 6) is 1.44. The minimum Gasteiger partial charge on any atom is -0.352 e. The molecule has 0 aromatic heterocycles. The van der Waals surface area contributed by atoms with Crippen LogP contribution >= 0.6 is 23.2 Å². The Morgan fingerprint density at radius 2 is 2.09 bits per heavy atom. The smallest absolute Gasteiger partial charge is 0.244 e. The highest BCUT2D eigenvalue weighted by Gasteiger charge is 2.36. The summed E-state index contributed by atoms with van der Waals surface area (Å²) < 4.78 is 0. The van der Waals surface area contributed by atoms with Crippen LogP contribution in [0.3, 0.4) is 0 Å². The number of carbonyl (C=O) groups excluding carboxylic acids is 1. The minimum atomic E-state index is -0.0299. The van der Waals surface area contributed by atoms with Crippen molar-refractivity contribution < 1.29 is 4.79 Å². The molecule has 1 aliphatic carbocycles. The van der Waals surface area contributed by atoms with Gasteiger partial charge >= 0.3 is 0 Å². The van der Waals surface area contributed by atoms with Gasteiger partial charge in [0.05, 0.1) is 10.0 Å². The maximum atomic E-state index is 11.7. The van der Waals surface area contributed by atoms with Crippen LogP contribution in [0, 0.1) is 11.8 Å². The number of halogens is 2. The van der Waals surface area contributed by atoms with Crippen molar-refractivity contribution in [2.45, 2.75) is 33.1 Å². The Morgan fingerprint density at radius 1 is 1.35 bits per heavy atom. The van der Waals surface area contributed by atoms with Crippen LogP contribution in [0.4, 0.5) is 0 Å². The third-order valence-corrected chi connectivity index (χ3v) is 4.60. The zero-order chi connectivity index (χ0) is 17.0. The molecule has 1 aromatic rings. The summed E-state index contributed by atoms with van der Waals surface area (Å²) in [5.41, 5.74) is 2.19. The van der Waals surface area contributed by atoms with E-state index in [9.17, 15) is 4.79 Å². The van der Waals surface area contributed by atoms with Crippen molar-refractivity contribution in [1.29, 1.82) is 0 Å². The van der Waals surface area contributed by atoms with Gasteiger partial charge in [-0.1, -0.05) is 55.3 Å². The largest absolute Gasteiger partial charge is 0.352 e. The zero-order valence-corrected chi connectivity index (χ0v) is 15.3. The van der Waals surface area contributed by atoms with Crippen molar-refractivity contribution in [2.24, 2.45) is 11.8 Å². The van der Waals surface area contributed by atoms with Crippen LogP contribution in [-0.4, -0.2) is 12.5 Å². The second kappa shape index (κ2) is 8.03. The lowest BCUT2D eigenvalue weighted by Gasteiger charge is -2.04. The normalized spacial score (nSPS) is 21.0. The highest BCUT2D eigenvalue weighted by Crippen LogP contribution is 2.49. The van der Waals surface area contributed by atoms with Crippen LogP contribution in [0.15, 0.2) is 42.0 Å². The van der Waals surface area contributed by atoms with Gasteiger partial charge in [0.1, 0.15) is 0 Å². The molecule has 0 heterocycles.